The summed E-state index contributed by atoms with van der Waals surface area (Å²) in [6.07, 6.45) is -5.08. The molecule has 0 spiro atoms. The molecule has 0 unspecified atom stereocenters. The first kappa shape index (κ1) is 29.4. The van der Waals surface area contributed by atoms with Gasteiger partial charge in [0, 0.05) is 11.1 Å². The van der Waals surface area contributed by atoms with Crippen LogP contribution in [0.2, 0.25) is 0 Å². The van der Waals surface area contributed by atoms with E-state index in [0.29, 0.717) is 5.69 Å². The van der Waals surface area contributed by atoms with Gasteiger partial charge in [-0.15, -0.1) is 0 Å². The SMILES string of the molecule is CC(C)[C@H](NC(=O)[C@H](C)N)C(=O)N[C@@H](C)C(=O)Nc1cccc2ccccc12.O=C(O)C(F)(F)F. The van der Waals surface area contributed by atoms with Crippen molar-refractivity contribution >= 4 is 40.2 Å². The molecule has 2 rings (SSSR count). The van der Waals surface area contributed by atoms with Gasteiger partial charge in [-0.3, -0.25) is 14.4 Å². The van der Waals surface area contributed by atoms with Crippen molar-refractivity contribution in [3.63, 3.8) is 0 Å². The Morgan fingerprint density at radius 3 is 1.91 bits per heavy atom. The zero-order valence-electron chi connectivity index (χ0n) is 19.6. The number of nitrogens with two attached hydrogens (primary N) is 1. The molecule has 9 nitrogen and oxygen atoms in total. The number of nitrogens with one attached hydrogen (secondary N) is 3. The highest BCUT2D eigenvalue weighted by molar-refractivity contribution is 6.04. The number of carbonyl (C=O) groups excluding carboxylic acids is 3. The minimum absolute atomic E-state index is 0.156. The molecular weight excluding hydrogens is 469 g/mol. The number of alkyl halides is 3. The number of hydrogen-bond donors (Lipinski definition) is 5. The molecule has 192 valence electrons. The number of halogens is 3. The quantitative estimate of drug-likeness (QED) is 0.396. The molecule has 0 aliphatic rings. The average Bonchev–Trinajstić information content (AvgIpc) is 2.76. The van der Waals surface area contributed by atoms with Crippen LogP contribution in [0, 0.1) is 5.92 Å². The number of aliphatic carboxylic acids is 1. The highest BCUT2D eigenvalue weighted by Crippen LogP contribution is 2.23. The first-order valence-corrected chi connectivity index (χ1v) is 10.6. The van der Waals surface area contributed by atoms with Crippen LogP contribution in [0.3, 0.4) is 0 Å². The van der Waals surface area contributed by atoms with Crippen LogP contribution in [-0.4, -0.2) is 53.1 Å². The molecule has 3 atom stereocenters. The van der Waals surface area contributed by atoms with Gasteiger partial charge in [0.05, 0.1) is 6.04 Å². The molecule has 12 heteroatoms. The summed E-state index contributed by atoms with van der Waals surface area (Å²) in [6, 6.07) is 11.1. The number of amides is 3. The molecule has 2 aromatic rings. The third kappa shape index (κ3) is 9.24. The Morgan fingerprint density at radius 1 is 0.857 bits per heavy atom. The van der Waals surface area contributed by atoms with E-state index in [4.69, 9.17) is 15.6 Å². The van der Waals surface area contributed by atoms with Crippen LogP contribution in [0.4, 0.5) is 18.9 Å². The normalized spacial score (nSPS) is 13.6. The molecule has 0 saturated carbocycles. The molecule has 6 N–H and O–H groups in total. The van der Waals surface area contributed by atoms with E-state index in [1.54, 1.807) is 13.8 Å². The van der Waals surface area contributed by atoms with Crippen LogP contribution in [0.1, 0.15) is 27.7 Å². The summed E-state index contributed by atoms with van der Waals surface area (Å²) in [5.74, 6) is -4.10. The molecule has 2 aromatic carbocycles. The van der Waals surface area contributed by atoms with Gasteiger partial charge in [0.1, 0.15) is 12.1 Å². The van der Waals surface area contributed by atoms with Gasteiger partial charge in [-0.25, -0.2) is 4.79 Å². The van der Waals surface area contributed by atoms with E-state index in [9.17, 15) is 27.6 Å². The van der Waals surface area contributed by atoms with Crippen LogP contribution in [0.5, 0.6) is 0 Å². The topological polar surface area (TPSA) is 151 Å². The van der Waals surface area contributed by atoms with Crippen molar-refractivity contribution in [2.24, 2.45) is 11.7 Å². The molecule has 3 amide bonds. The second kappa shape index (κ2) is 12.7. The van der Waals surface area contributed by atoms with Crippen molar-refractivity contribution < 1.29 is 37.5 Å². The van der Waals surface area contributed by atoms with Crippen LogP contribution < -0.4 is 21.7 Å². The van der Waals surface area contributed by atoms with Gasteiger partial charge in [-0.05, 0) is 31.2 Å². The molecule has 0 aliphatic heterocycles. The van der Waals surface area contributed by atoms with Gasteiger partial charge in [-0.1, -0.05) is 50.2 Å². The van der Waals surface area contributed by atoms with Crippen LogP contribution in [0.15, 0.2) is 42.5 Å². The third-order valence-corrected chi connectivity index (χ3v) is 4.70. The van der Waals surface area contributed by atoms with Gasteiger partial charge in [-0.2, -0.15) is 13.2 Å². The first-order chi connectivity index (χ1) is 16.1. The van der Waals surface area contributed by atoms with Gasteiger partial charge >= 0.3 is 12.1 Å². The Hall–Kier alpha value is -3.67. The van der Waals surface area contributed by atoms with Crippen molar-refractivity contribution in [2.75, 3.05) is 5.32 Å². The van der Waals surface area contributed by atoms with Crippen molar-refractivity contribution in [1.29, 1.82) is 0 Å². The van der Waals surface area contributed by atoms with Gasteiger partial charge in [0.2, 0.25) is 17.7 Å². The number of benzene rings is 2. The van der Waals surface area contributed by atoms with E-state index in [0.717, 1.165) is 10.8 Å². The second-order valence-corrected chi connectivity index (χ2v) is 8.07. The fraction of sp³-hybridized carbons (Fsp3) is 0.391. The van der Waals surface area contributed by atoms with E-state index < -0.39 is 42.1 Å². The Balaban J connectivity index is 0.000000762. The highest BCUT2D eigenvalue weighted by atomic mass is 19.4. The monoisotopic (exact) mass is 498 g/mol. The molecule has 0 fully saturated rings. The molecule has 0 saturated heterocycles. The molecule has 35 heavy (non-hydrogen) atoms. The number of fused-ring (bicyclic) bond motifs is 1. The summed E-state index contributed by atoms with van der Waals surface area (Å²) < 4.78 is 31.7. The summed E-state index contributed by atoms with van der Waals surface area (Å²) in [7, 11) is 0. The number of carboxylic acids is 1. The van der Waals surface area contributed by atoms with Crippen LogP contribution in [-0.2, 0) is 19.2 Å². The van der Waals surface area contributed by atoms with Crippen molar-refractivity contribution in [2.45, 2.75) is 52.0 Å². The predicted molar refractivity (Wildman–Crippen MR) is 124 cm³/mol. The Labute approximate surface area is 200 Å². The lowest BCUT2D eigenvalue weighted by Crippen LogP contribution is -2.55. The molecule has 0 heterocycles. The average molecular weight is 499 g/mol. The summed E-state index contributed by atoms with van der Waals surface area (Å²) in [4.78, 5) is 45.9. The fourth-order valence-corrected chi connectivity index (χ4v) is 2.76. The molecule has 0 aliphatic carbocycles. The van der Waals surface area contributed by atoms with Gasteiger partial charge in [0.15, 0.2) is 0 Å². The lowest BCUT2D eigenvalue weighted by Gasteiger charge is -2.24. The van der Waals surface area contributed by atoms with Gasteiger partial charge in [0.25, 0.3) is 0 Å². The van der Waals surface area contributed by atoms with Crippen LogP contribution >= 0.6 is 0 Å². The lowest BCUT2D eigenvalue weighted by molar-refractivity contribution is -0.192. The van der Waals surface area contributed by atoms with Gasteiger partial charge < -0.3 is 26.8 Å². The molecular formula is C23H29F3N4O5. The second-order valence-electron chi connectivity index (χ2n) is 8.07. The van der Waals surface area contributed by atoms with E-state index in [1.807, 2.05) is 56.3 Å². The largest absolute Gasteiger partial charge is 0.490 e. The minimum Gasteiger partial charge on any atom is -0.475 e. The number of anilines is 1. The van der Waals surface area contributed by atoms with E-state index in [2.05, 4.69) is 16.0 Å². The maximum absolute atomic E-state index is 12.6. The highest BCUT2D eigenvalue weighted by Gasteiger charge is 2.38. The summed E-state index contributed by atoms with van der Waals surface area (Å²) in [5, 5.41) is 17.2. The first-order valence-electron chi connectivity index (χ1n) is 10.6. The molecule has 0 bridgehead atoms. The minimum atomic E-state index is -5.08. The number of carboxylic acid groups (broad SMARTS) is 1. The van der Waals surface area contributed by atoms with Crippen molar-refractivity contribution in [3.05, 3.63) is 42.5 Å². The maximum Gasteiger partial charge on any atom is 0.490 e. The molecule has 0 aromatic heterocycles. The fourth-order valence-electron chi connectivity index (χ4n) is 2.76. The zero-order chi connectivity index (χ0) is 26.9. The smallest absolute Gasteiger partial charge is 0.475 e. The summed E-state index contributed by atoms with van der Waals surface area (Å²) in [6.45, 7) is 6.77. The lowest BCUT2D eigenvalue weighted by atomic mass is 10.0. The van der Waals surface area contributed by atoms with Crippen molar-refractivity contribution in [3.8, 4) is 0 Å². The Bertz CT molecular complexity index is 1050. The third-order valence-electron chi connectivity index (χ3n) is 4.70. The molecule has 0 radical (unpaired) electrons. The standard InChI is InChI=1S/C21H28N4O3.C2HF3O2/c1-12(2)18(25-19(26)13(3)22)21(28)23-14(4)20(27)24-17-11-7-9-15-8-5-6-10-16(15)17;3-2(4,5)1(6)7/h5-14,18H,22H2,1-4H3,(H,23,28)(H,24,27)(H,25,26);(H,6,7)/t13-,14-,18-;/m0./s1. The van der Waals surface area contributed by atoms with E-state index >= 15 is 0 Å². The maximum atomic E-state index is 12.6. The number of carbonyl (C=O) groups is 4. The Morgan fingerprint density at radius 2 is 1.40 bits per heavy atom. The summed E-state index contributed by atoms with van der Waals surface area (Å²) in [5.41, 5.74) is 6.23. The predicted octanol–water partition coefficient (Wildman–Crippen LogP) is 2.40. The number of hydrogen-bond acceptors (Lipinski definition) is 5. The Kier molecular flexibility index (Phi) is 10.7. The zero-order valence-corrected chi connectivity index (χ0v) is 19.6. The number of rotatable bonds is 7. The summed E-state index contributed by atoms with van der Waals surface area (Å²) >= 11 is 0. The van der Waals surface area contributed by atoms with Crippen LogP contribution in [0.25, 0.3) is 10.8 Å². The van der Waals surface area contributed by atoms with Crippen molar-refractivity contribution in [1.82, 2.24) is 10.6 Å². The van der Waals surface area contributed by atoms with E-state index in [1.165, 1.54) is 0 Å². The van der Waals surface area contributed by atoms with E-state index in [-0.39, 0.29) is 11.8 Å².